The number of hydrogen-bond acceptors (Lipinski definition) is 5. The molecule has 2 aromatic carbocycles. The Labute approximate surface area is 139 Å². The molecule has 6 heteroatoms. The SMILES string of the molecule is COc1ccc2c(NCCc3ccc(F)cc3)ncnc2c1OC. The van der Waals surface area contributed by atoms with Crippen LogP contribution in [0.15, 0.2) is 42.7 Å². The zero-order chi connectivity index (χ0) is 16.9. The Balaban J connectivity index is 1.80. The summed E-state index contributed by atoms with van der Waals surface area (Å²) in [6.45, 7) is 0.673. The third-order valence-electron chi connectivity index (χ3n) is 3.77. The van der Waals surface area contributed by atoms with Crippen LogP contribution in [0.2, 0.25) is 0 Å². The molecule has 0 bridgehead atoms. The normalized spacial score (nSPS) is 10.6. The maximum atomic E-state index is 12.9. The van der Waals surface area contributed by atoms with E-state index in [0.29, 0.717) is 23.6 Å². The van der Waals surface area contributed by atoms with E-state index in [1.165, 1.54) is 18.5 Å². The zero-order valence-corrected chi connectivity index (χ0v) is 13.5. The van der Waals surface area contributed by atoms with Gasteiger partial charge in [-0.15, -0.1) is 0 Å². The van der Waals surface area contributed by atoms with Gasteiger partial charge in [0.1, 0.15) is 23.5 Å². The largest absolute Gasteiger partial charge is 0.493 e. The lowest BCUT2D eigenvalue weighted by molar-refractivity contribution is 0.358. The maximum Gasteiger partial charge on any atom is 0.187 e. The number of benzene rings is 2. The minimum Gasteiger partial charge on any atom is -0.493 e. The topological polar surface area (TPSA) is 56.3 Å². The van der Waals surface area contributed by atoms with Gasteiger partial charge in [0, 0.05) is 11.9 Å². The van der Waals surface area contributed by atoms with Gasteiger partial charge in [0.15, 0.2) is 11.5 Å². The molecule has 5 nitrogen and oxygen atoms in total. The van der Waals surface area contributed by atoms with E-state index in [4.69, 9.17) is 9.47 Å². The highest BCUT2D eigenvalue weighted by Crippen LogP contribution is 2.35. The molecule has 0 aliphatic heterocycles. The van der Waals surface area contributed by atoms with E-state index >= 15 is 0 Å². The summed E-state index contributed by atoms with van der Waals surface area (Å²) in [7, 11) is 3.17. The van der Waals surface area contributed by atoms with Crippen LogP contribution in [-0.2, 0) is 6.42 Å². The van der Waals surface area contributed by atoms with Crippen LogP contribution in [0.5, 0.6) is 11.5 Å². The number of halogens is 1. The van der Waals surface area contributed by atoms with Gasteiger partial charge >= 0.3 is 0 Å². The van der Waals surface area contributed by atoms with Crippen LogP contribution >= 0.6 is 0 Å². The smallest absolute Gasteiger partial charge is 0.187 e. The molecule has 1 heterocycles. The number of hydrogen-bond donors (Lipinski definition) is 1. The third kappa shape index (κ3) is 3.22. The van der Waals surface area contributed by atoms with Crippen LogP contribution < -0.4 is 14.8 Å². The van der Waals surface area contributed by atoms with Crippen molar-refractivity contribution in [3.8, 4) is 11.5 Å². The van der Waals surface area contributed by atoms with Crippen molar-refractivity contribution in [2.45, 2.75) is 6.42 Å². The first-order valence-corrected chi connectivity index (χ1v) is 7.57. The van der Waals surface area contributed by atoms with Gasteiger partial charge in [0.25, 0.3) is 0 Å². The summed E-state index contributed by atoms with van der Waals surface area (Å²) in [5.74, 6) is 1.71. The van der Waals surface area contributed by atoms with E-state index in [0.717, 1.165) is 23.2 Å². The van der Waals surface area contributed by atoms with Crippen LogP contribution in [0.25, 0.3) is 10.9 Å². The number of nitrogens with one attached hydrogen (secondary N) is 1. The molecule has 1 aromatic heterocycles. The van der Waals surface area contributed by atoms with E-state index < -0.39 is 0 Å². The Bertz CT molecular complexity index is 838. The van der Waals surface area contributed by atoms with Crippen molar-refractivity contribution in [2.24, 2.45) is 0 Å². The molecule has 0 spiro atoms. The Morgan fingerprint density at radius 1 is 1.00 bits per heavy atom. The Hall–Kier alpha value is -2.89. The molecule has 0 saturated heterocycles. The highest BCUT2D eigenvalue weighted by Gasteiger charge is 2.13. The fraction of sp³-hybridized carbons (Fsp3) is 0.222. The number of aromatic nitrogens is 2. The summed E-state index contributed by atoms with van der Waals surface area (Å²) in [6, 6.07) is 10.2. The maximum absolute atomic E-state index is 12.9. The molecule has 124 valence electrons. The van der Waals surface area contributed by atoms with Gasteiger partial charge < -0.3 is 14.8 Å². The summed E-state index contributed by atoms with van der Waals surface area (Å²) in [5.41, 5.74) is 1.75. The van der Waals surface area contributed by atoms with Gasteiger partial charge in [-0.05, 0) is 36.2 Å². The second kappa shape index (κ2) is 7.12. The predicted molar refractivity (Wildman–Crippen MR) is 91.2 cm³/mol. The summed E-state index contributed by atoms with van der Waals surface area (Å²) in [4.78, 5) is 8.60. The summed E-state index contributed by atoms with van der Waals surface area (Å²) in [6.07, 6.45) is 2.25. The van der Waals surface area contributed by atoms with Crippen molar-refractivity contribution in [2.75, 3.05) is 26.1 Å². The number of methoxy groups -OCH3 is 2. The van der Waals surface area contributed by atoms with E-state index in [2.05, 4.69) is 15.3 Å². The van der Waals surface area contributed by atoms with Crippen molar-refractivity contribution in [3.05, 3.63) is 54.1 Å². The minimum atomic E-state index is -0.227. The molecular weight excluding hydrogens is 309 g/mol. The molecule has 0 radical (unpaired) electrons. The molecule has 3 rings (SSSR count). The molecule has 0 aliphatic carbocycles. The number of nitrogens with zero attached hydrogens (tertiary/aromatic N) is 2. The van der Waals surface area contributed by atoms with E-state index in [1.807, 2.05) is 12.1 Å². The molecule has 0 fully saturated rings. The highest BCUT2D eigenvalue weighted by molar-refractivity contribution is 5.94. The number of ether oxygens (including phenoxy) is 2. The van der Waals surface area contributed by atoms with Crippen LogP contribution in [0.3, 0.4) is 0 Å². The molecular formula is C18H18FN3O2. The second-order valence-corrected chi connectivity index (χ2v) is 5.22. The van der Waals surface area contributed by atoms with Crippen molar-refractivity contribution in [1.29, 1.82) is 0 Å². The Morgan fingerprint density at radius 2 is 1.79 bits per heavy atom. The number of rotatable bonds is 6. The standard InChI is InChI=1S/C18H18FN3O2/c1-23-15-8-7-14-16(17(15)24-2)21-11-22-18(14)20-10-9-12-3-5-13(19)6-4-12/h3-8,11H,9-10H2,1-2H3,(H,20,21,22). The first kappa shape index (κ1) is 16.0. The lowest BCUT2D eigenvalue weighted by Crippen LogP contribution is -2.07. The van der Waals surface area contributed by atoms with Gasteiger partial charge in [0.2, 0.25) is 0 Å². The number of fused-ring (bicyclic) bond motifs is 1. The van der Waals surface area contributed by atoms with Crippen LogP contribution in [0.4, 0.5) is 10.2 Å². The highest BCUT2D eigenvalue weighted by atomic mass is 19.1. The quantitative estimate of drug-likeness (QED) is 0.751. The summed E-state index contributed by atoms with van der Waals surface area (Å²) < 4.78 is 23.6. The summed E-state index contributed by atoms with van der Waals surface area (Å²) >= 11 is 0. The van der Waals surface area contributed by atoms with Crippen molar-refractivity contribution in [1.82, 2.24) is 9.97 Å². The molecule has 24 heavy (non-hydrogen) atoms. The fourth-order valence-corrected chi connectivity index (χ4v) is 2.56. The van der Waals surface area contributed by atoms with Crippen LogP contribution in [0.1, 0.15) is 5.56 Å². The molecule has 3 aromatic rings. The van der Waals surface area contributed by atoms with E-state index in [-0.39, 0.29) is 5.82 Å². The molecule has 0 amide bonds. The minimum absolute atomic E-state index is 0.227. The lowest BCUT2D eigenvalue weighted by atomic mass is 10.1. The summed E-state index contributed by atoms with van der Waals surface area (Å²) in [5, 5.41) is 4.15. The van der Waals surface area contributed by atoms with Gasteiger partial charge in [-0.1, -0.05) is 12.1 Å². The molecule has 0 atom stereocenters. The first-order valence-electron chi connectivity index (χ1n) is 7.57. The van der Waals surface area contributed by atoms with E-state index in [9.17, 15) is 4.39 Å². The molecule has 0 saturated carbocycles. The average Bonchev–Trinajstić information content (AvgIpc) is 2.62. The van der Waals surface area contributed by atoms with Gasteiger partial charge in [0.05, 0.1) is 14.2 Å². The van der Waals surface area contributed by atoms with Crippen LogP contribution in [0, 0.1) is 5.82 Å². The van der Waals surface area contributed by atoms with E-state index in [1.54, 1.807) is 26.4 Å². The van der Waals surface area contributed by atoms with Gasteiger partial charge in [-0.3, -0.25) is 0 Å². The second-order valence-electron chi connectivity index (χ2n) is 5.22. The fourth-order valence-electron chi connectivity index (χ4n) is 2.56. The molecule has 0 unspecified atom stereocenters. The lowest BCUT2D eigenvalue weighted by Gasteiger charge is -2.12. The molecule has 0 aliphatic rings. The predicted octanol–water partition coefficient (Wildman–Crippen LogP) is 3.44. The Morgan fingerprint density at radius 3 is 2.50 bits per heavy atom. The average molecular weight is 327 g/mol. The van der Waals surface area contributed by atoms with Crippen LogP contribution in [-0.4, -0.2) is 30.7 Å². The Kier molecular flexibility index (Phi) is 4.74. The number of anilines is 1. The monoisotopic (exact) mass is 327 g/mol. The van der Waals surface area contributed by atoms with Gasteiger partial charge in [-0.2, -0.15) is 0 Å². The van der Waals surface area contributed by atoms with Crippen molar-refractivity contribution < 1.29 is 13.9 Å². The third-order valence-corrected chi connectivity index (χ3v) is 3.77. The van der Waals surface area contributed by atoms with Gasteiger partial charge in [-0.25, -0.2) is 14.4 Å². The molecule has 1 N–H and O–H groups in total. The first-order chi connectivity index (χ1) is 11.7. The van der Waals surface area contributed by atoms with Crippen molar-refractivity contribution >= 4 is 16.7 Å². The van der Waals surface area contributed by atoms with Crippen molar-refractivity contribution in [3.63, 3.8) is 0 Å². The zero-order valence-electron chi connectivity index (χ0n) is 13.5.